The molecule has 138 valence electrons. The molecule has 1 atom stereocenters. The molecule has 4 heteroatoms. The molecule has 0 spiro atoms. The Kier molecular flexibility index (Phi) is 5.92. The molecule has 0 fully saturated rings. The van der Waals surface area contributed by atoms with E-state index in [0.29, 0.717) is 25.0 Å². The van der Waals surface area contributed by atoms with Crippen LogP contribution in [0.5, 0.6) is 5.75 Å². The molecule has 2 aromatic rings. The molecule has 1 aliphatic heterocycles. The number of cyclic esters (lactones) is 1. The van der Waals surface area contributed by atoms with Crippen molar-refractivity contribution in [3.05, 3.63) is 64.5 Å². The Labute approximate surface area is 154 Å². The summed E-state index contributed by atoms with van der Waals surface area (Å²) in [6.07, 6.45) is 4.03. The summed E-state index contributed by atoms with van der Waals surface area (Å²) in [4.78, 5) is 12.1. The first kappa shape index (κ1) is 18.4. The molecule has 0 amide bonds. The summed E-state index contributed by atoms with van der Waals surface area (Å²) in [6, 6.07) is 11.7. The molecular weight excluding hydrogens is 331 g/mol. The molecule has 3 nitrogen and oxygen atoms in total. The Morgan fingerprint density at radius 3 is 2.69 bits per heavy atom. The number of ether oxygens (including phenoxy) is 2. The maximum atomic E-state index is 14.1. The van der Waals surface area contributed by atoms with E-state index in [9.17, 15) is 9.18 Å². The zero-order valence-electron chi connectivity index (χ0n) is 15.4. The van der Waals surface area contributed by atoms with Crippen molar-refractivity contribution in [3.63, 3.8) is 0 Å². The fraction of sp³-hybridized carbons (Fsp3) is 0.409. The number of fused-ring (bicyclic) bond motifs is 1. The van der Waals surface area contributed by atoms with Crippen LogP contribution in [0, 0.1) is 12.7 Å². The average Bonchev–Trinajstić information content (AvgIpc) is 2.63. The molecule has 26 heavy (non-hydrogen) atoms. The molecule has 0 N–H and O–H groups in total. The van der Waals surface area contributed by atoms with E-state index in [0.717, 1.165) is 30.6 Å². The minimum atomic E-state index is -0.551. The number of hydrogen-bond donors (Lipinski definition) is 0. The van der Waals surface area contributed by atoms with Crippen LogP contribution in [0.4, 0.5) is 4.39 Å². The van der Waals surface area contributed by atoms with Gasteiger partial charge in [0.15, 0.2) is 0 Å². The van der Waals surface area contributed by atoms with Crippen LogP contribution >= 0.6 is 0 Å². The highest BCUT2D eigenvalue weighted by Gasteiger charge is 2.29. The number of carbonyl (C=O) groups excluding carboxylic acids is 1. The highest BCUT2D eigenvalue weighted by atomic mass is 19.1. The SMILES string of the molecule is CCCc1ccc(OCCCC2Cc3ccc(C)c(F)c3C(=O)O2)cc1. The first-order valence-corrected chi connectivity index (χ1v) is 9.29. The third-order valence-corrected chi connectivity index (χ3v) is 4.75. The Bertz CT molecular complexity index is 768. The summed E-state index contributed by atoms with van der Waals surface area (Å²) < 4.78 is 25.3. The number of benzene rings is 2. The minimum absolute atomic E-state index is 0.102. The molecule has 0 saturated carbocycles. The molecule has 1 heterocycles. The predicted molar refractivity (Wildman–Crippen MR) is 99.2 cm³/mol. The Morgan fingerprint density at radius 1 is 1.19 bits per heavy atom. The second-order valence-electron chi connectivity index (χ2n) is 6.85. The summed E-state index contributed by atoms with van der Waals surface area (Å²) in [5.74, 6) is -0.154. The standard InChI is InChI=1S/C22H25FO3/c1-3-5-16-8-11-18(12-9-16)25-13-4-6-19-14-17-10-7-15(2)21(23)20(17)22(24)26-19/h7-12,19H,3-6,13-14H2,1-2H3. The van der Waals surface area contributed by atoms with Crippen molar-refractivity contribution in [1.82, 2.24) is 0 Å². The minimum Gasteiger partial charge on any atom is -0.494 e. The Balaban J connectivity index is 1.48. The topological polar surface area (TPSA) is 35.5 Å². The average molecular weight is 356 g/mol. The Hall–Kier alpha value is -2.36. The lowest BCUT2D eigenvalue weighted by Gasteiger charge is -2.25. The highest BCUT2D eigenvalue weighted by Crippen LogP contribution is 2.27. The third kappa shape index (κ3) is 4.24. The molecular formula is C22H25FO3. The molecule has 1 unspecified atom stereocenters. The smallest absolute Gasteiger partial charge is 0.341 e. The number of rotatable bonds is 7. The molecule has 0 bridgehead atoms. The molecule has 0 radical (unpaired) electrons. The van der Waals surface area contributed by atoms with Crippen LogP contribution in [0.3, 0.4) is 0 Å². The summed E-state index contributed by atoms with van der Waals surface area (Å²) in [5.41, 5.74) is 2.62. The van der Waals surface area contributed by atoms with Crippen molar-refractivity contribution in [2.45, 2.75) is 52.1 Å². The van der Waals surface area contributed by atoms with Crippen LogP contribution in [-0.4, -0.2) is 18.7 Å². The normalized spacial score (nSPS) is 16.1. The van der Waals surface area contributed by atoms with E-state index >= 15 is 0 Å². The van der Waals surface area contributed by atoms with Crippen LogP contribution < -0.4 is 4.74 Å². The number of carbonyl (C=O) groups is 1. The van der Waals surface area contributed by atoms with Crippen molar-refractivity contribution in [2.75, 3.05) is 6.61 Å². The van der Waals surface area contributed by atoms with Crippen molar-refractivity contribution in [3.8, 4) is 5.75 Å². The molecule has 3 rings (SSSR count). The van der Waals surface area contributed by atoms with Gasteiger partial charge in [0, 0.05) is 6.42 Å². The zero-order valence-corrected chi connectivity index (χ0v) is 15.4. The molecule has 0 saturated heterocycles. The number of aryl methyl sites for hydroxylation is 2. The van der Waals surface area contributed by atoms with Gasteiger partial charge in [0.1, 0.15) is 17.7 Å². The summed E-state index contributed by atoms with van der Waals surface area (Å²) >= 11 is 0. The monoisotopic (exact) mass is 356 g/mol. The summed E-state index contributed by atoms with van der Waals surface area (Å²) in [7, 11) is 0. The van der Waals surface area contributed by atoms with Gasteiger partial charge in [0.25, 0.3) is 0 Å². The fourth-order valence-corrected chi connectivity index (χ4v) is 3.31. The van der Waals surface area contributed by atoms with Crippen LogP contribution in [0.2, 0.25) is 0 Å². The zero-order chi connectivity index (χ0) is 18.5. The van der Waals surface area contributed by atoms with Crippen molar-refractivity contribution in [2.24, 2.45) is 0 Å². The third-order valence-electron chi connectivity index (χ3n) is 4.75. The lowest BCUT2D eigenvalue weighted by atomic mass is 9.94. The van der Waals surface area contributed by atoms with Gasteiger partial charge in [-0.2, -0.15) is 0 Å². The van der Waals surface area contributed by atoms with Gasteiger partial charge < -0.3 is 9.47 Å². The van der Waals surface area contributed by atoms with Crippen molar-refractivity contribution >= 4 is 5.97 Å². The maximum absolute atomic E-state index is 14.1. The number of esters is 1. The second-order valence-corrected chi connectivity index (χ2v) is 6.85. The molecule has 2 aromatic carbocycles. The van der Waals surface area contributed by atoms with Gasteiger partial charge in [0.2, 0.25) is 0 Å². The van der Waals surface area contributed by atoms with Gasteiger partial charge in [-0.05, 0) is 55.0 Å². The summed E-state index contributed by atoms with van der Waals surface area (Å²) in [6.45, 7) is 4.38. The van der Waals surface area contributed by atoms with E-state index in [1.165, 1.54) is 5.56 Å². The van der Waals surface area contributed by atoms with Gasteiger partial charge in [-0.25, -0.2) is 9.18 Å². The fourth-order valence-electron chi connectivity index (χ4n) is 3.31. The van der Waals surface area contributed by atoms with E-state index in [1.54, 1.807) is 13.0 Å². The van der Waals surface area contributed by atoms with Gasteiger partial charge >= 0.3 is 5.97 Å². The maximum Gasteiger partial charge on any atom is 0.341 e. The van der Waals surface area contributed by atoms with E-state index in [2.05, 4.69) is 19.1 Å². The summed E-state index contributed by atoms with van der Waals surface area (Å²) in [5, 5.41) is 0. The van der Waals surface area contributed by atoms with Crippen molar-refractivity contribution < 1.29 is 18.7 Å². The van der Waals surface area contributed by atoms with Crippen LogP contribution in [0.15, 0.2) is 36.4 Å². The second kappa shape index (κ2) is 8.35. The Morgan fingerprint density at radius 2 is 1.96 bits per heavy atom. The molecule has 0 aromatic heterocycles. The van der Waals surface area contributed by atoms with Gasteiger partial charge in [-0.3, -0.25) is 0 Å². The van der Waals surface area contributed by atoms with Crippen molar-refractivity contribution in [1.29, 1.82) is 0 Å². The predicted octanol–water partition coefficient (Wildman–Crippen LogP) is 5.03. The van der Waals surface area contributed by atoms with Gasteiger partial charge in [-0.1, -0.05) is 37.6 Å². The van der Waals surface area contributed by atoms with E-state index in [4.69, 9.17) is 9.47 Å². The quantitative estimate of drug-likeness (QED) is 0.516. The lowest BCUT2D eigenvalue weighted by Crippen LogP contribution is -2.29. The first-order chi connectivity index (χ1) is 12.6. The highest BCUT2D eigenvalue weighted by molar-refractivity contribution is 5.92. The lowest BCUT2D eigenvalue weighted by molar-refractivity contribution is 0.0217. The largest absolute Gasteiger partial charge is 0.494 e. The first-order valence-electron chi connectivity index (χ1n) is 9.29. The molecule has 1 aliphatic rings. The van der Waals surface area contributed by atoms with Crippen LogP contribution in [0.25, 0.3) is 0 Å². The molecule has 0 aliphatic carbocycles. The van der Waals surface area contributed by atoms with E-state index < -0.39 is 11.8 Å². The van der Waals surface area contributed by atoms with Gasteiger partial charge in [0.05, 0.1) is 12.2 Å². The van der Waals surface area contributed by atoms with Crippen LogP contribution in [-0.2, 0) is 17.6 Å². The van der Waals surface area contributed by atoms with E-state index in [1.807, 2.05) is 18.2 Å². The number of halogens is 1. The van der Waals surface area contributed by atoms with Gasteiger partial charge in [-0.15, -0.1) is 0 Å². The van der Waals surface area contributed by atoms with Crippen LogP contribution in [0.1, 0.15) is 53.2 Å². The van der Waals surface area contributed by atoms with E-state index in [-0.39, 0.29) is 11.7 Å². The number of hydrogen-bond acceptors (Lipinski definition) is 3.